The Kier molecular flexibility index (Phi) is 4.19. The molecule has 0 saturated carbocycles. The number of hydrogen-bond acceptors (Lipinski definition) is 2. The second-order valence-electron chi connectivity index (χ2n) is 2.40. The lowest BCUT2D eigenvalue weighted by Crippen LogP contribution is -2.00. The van der Waals surface area contributed by atoms with Crippen LogP contribution in [0.1, 0.15) is 23.4 Å². The van der Waals surface area contributed by atoms with Crippen LogP contribution in [0.25, 0.3) is 0 Å². The van der Waals surface area contributed by atoms with E-state index in [4.69, 9.17) is 5.26 Å². The fourth-order valence-corrected chi connectivity index (χ4v) is 2.54. The SMILES string of the molecule is N#Cc1cc(C(F)F)c(I)c(CBr)n1. The minimum absolute atomic E-state index is 0.0233. The lowest BCUT2D eigenvalue weighted by atomic mass is 10.2. The van der Waals surface area contributed by atoms with Gasteiger partial charge in [-0.3, -0.25) is 0 Å². The molecule has 1 aromatic rings. The van der Waals surface area contributed by atoms with Gasteiger partial charge >= 0.3 is 0 Å². The normalized spacial score (nSPS) is 10.3. The summed E-state index contributed by atoms with van der Waals surface area (Å²) in [7, 11) is 0. The smallest absolute Gasteiger partial charge is 0.240 e. The highest BCUT2D eigenvalue weighted by Crippen LogP contribution is 2.27. The van der Waals surface area contributed by atoms with Crippen molar-refractivity contribution in [1.82, 2.24) is 4.98 Å². The Labute approximate surface area is 102 Å². The van der Waals surface area contributed by atoms with Crippen LogP contribution in [0.5, 0.6) is 0 Å². The number of nitrogens with zero attached hydrogens (tertiary/aromatic N) is 2. The molecule has 0 bridgehead atoms. The molecule has 0 atom stereocenters. The molecule has 1 aromatic heterocycles. The van der Waals surface area contributed by atoms with Crippen LogP contribution >= 0.6 is 38.5 Å². The van der Waals surface area contributed by atoms with Gasteiger partial charge in [0.2, 0.25) is 0 Å². The van der Waals surface area contributed by atoms with Gasteiger partial charge in [0.25, 0.3) is 6.43 Å². The number of rotatable bonds is 2. The van der Waals surface area contributed by atoms with Crippen molar-refractivity contribution in [2.75, 3.05) is 0 Å². The highest BCUT2D eigenvalue weighted by molar-refractivity contribution is 14.1. The highest BCUT2D eigenvalue weighted by Gasteiger charge is 2.16. The van der Waals surface area contributed by atoms with Gasteiger partial charge in [-0.1, -0.05) is 15.9 Å². The summed E-state index contributed by atoms with van der Waals surface area (Å²) in [6.07, 6.45) is -2.57. The van der Waals surface area contributed by atoms with Gasteiger partial charge in [-0.2, -0.15) is 5.26 Å². The van der Waals surface area contributed by atoms with Gasteiger partial charge in [0.05, 0.1) is 5.69 Å². The third-order valence-corrected chi connectivity index (χ3v) is 3.31. The van der Waals surface area contributed by atoms with E-state index in [1.54, 1.807) is 6.07 Å². The second-order valence-corrected chi connectivity index (χ2v) is 4.04. The van der Waals surface area contributed by atoms with Gasteiger partial charge < -0.3 is 0 Å². The largest absolute Gasteiger partial charge is 0.265 e. The molecule has 0 saturated heterocycles. The van der Waals surface area contributed by atoms with E-state index in [0.717, 1.165) is 6.07 Å². The van der Waals surface area contributed by atoms with E-state index in [1.807, 2.05) is 22.6 Å². The van der Waals surface area contributed by atoms with Gasteiger partial charge in [-0.05, 0) is 28.7 Å². The Hall–Kier alpha value is -0.290. The number of hydrogen-bond donors (Lipinski definition) is 0. The Morgan fingerprint density at radius 2 is 2.29 bits per heavy atom. The molecule has 0 spiro atoms. The fraction of sp³-hybridized carbons (Fsp3) is 0.250. The van der Waals surface area contributed by atoms with E-state index in [1.165, 1.54) is 0 Å². The topological polar surface area (TPSA) is 36.7 Å². The van der Waals surface area contributed by atoms with Crippen LogP contribution in [0.4, 0.5) is 8.78 Å². The number of pyridine rings is 1. The zero-order chi connectivity index (χ0) is 10.7. The summed E-state index contributed by atoms with van der Waals surface area (Å²) >= 11 is 4.94. The van der Waals surface area contributed by atoms with Gasteiger partial charge in [-0.15, -0.1) is 0 Å². The van der Waals surface area contributed by atoms with Crippen molar-refractivity contribution in [3.05, 3.63) is 26.6 Å². The second kappa shape index (κ2) is 4.98. The fourth-order valence-electron chi connectivity index (χ4n) is 0.909. The monoisotopic (exact) mass is 372 g/mol. The zero-order valence-electron chi connectivity index (χ0n) is 6.77. The molecule has 0 aliphatic rings. The summed E-state index contributed by atoms with van der Waals surface area (Å²) < 4.78 is 25.4. The van der Waals surface area contributed by atoms with Crippen LogP contribution in [-0.2, 0) is 5.33 Å². The molecule has 0 N–H and O–H groups in total. The first kappa shape index (κ1) is 11.8. The molecular weight excluding hydrogens is 369 g/mol. The van der Waals surface area contributed by atoms with Gasteiger partial charge in [0, 0.05) is 14.5 Å². The van der Waals surface area contributed by atoms with Crippen LogP contribution in [0, 0.1) is 14.9 Å². The molecule has 0 radical (unpaired) electrons. The Morgan fingerprint density at radius 1 is 1.64 bits per heavy atom. The molecule has 0 amide bonds. The van der Waals surface area contributed by atoms with Crippen molar-refractivity contribution >= 4 is 38.5 Å². The minimum atomic E-state index is -2.57. The van der Waals surface area contributed by atoms with Crippen LogP contribution in [-0.4, -0.2) is 4.98 Å². The highest BCUT2D eigenvalue weighted by atomic mass is 127. The maximum absolute atomic E-state index is 12.5. The summed E-state index contributed by atoms with van der Waals surface area (Å²) in [5.41, 5.74) is 0.363. The van der Waals surface area contributed by atoms with Crippen molar-refractivity contribution in [3.8, 4) is 6.07 Å². The molecule has 6 heteroatoms. The van der Waals surface area contributed by atoms with Crippen molar-refractivity contribution in [1.29, 1.82) is 5.26 Å². The van der Waals surface area contributed by atoms with Gasteiger partial charge in [0.15, 0.2) is 0 Å². The third kappa shape index (κ3) is 2.39. The number of aromatic nitrogens is 1. The molecule has 1 heterocycles. The molecule has 1 rings (SSSR count). The van der Waals surface area contributed by atoms with Crippen molar-refractivity contribution < 1.29 is 8.78 Å². The summed E-state index contributed by atoms with van der Waals surface area (Å²) in [6, 6.07) is 2.88. The summed E-state index contributed by atoms with van der Waals surface area (Å²) in [6.45, 7) is 0. The maximum Gasteiger partial charge on any atom is 0.265 e. The Morgan fingerprint density at radius 3 is 2.71 bits per heavy atom. The van der Waals surface area contributed by atoms with E-state index < -0.39 is 6.43 Å². The molecule has 74 valence electrons. The van der Waals surface area contributed by atoms with E-state index in [0.29, 0.717) is 14.6 Å². The molecule has 0 unspecified atom stereocenters. The standard InChI is InChI=1S/C8H4BrF2IN2/c9-2-6-7(12)5(8(10)11)1-4(3-13)14-6/h1,8H,2H2. The Balaban J connectivity index is 3.36. The average Bonchev–Trinajstić information content (AvgIpc) is 2.17. The first-order chi connectivity index (χ1) is 6.60. The molecular formula is C8H4BrF2IN2. The Bertz CT molecular complexity index is 390. The zero-order valence-corrected chi connectivity index (χ0v) is 10.5. The third-order valence-electron chi connectivity index (χ3n) is 1.53. The quantitative estimate of drug-likeness (QED) is 0.589. The molecule has 0 aliphatic heterocycles. The molecule has 0 aromatic carbocycles. The number of alkyl halides is 3. The summed E-state index contributed by atoms with van der Waals surface area (Å²) in [5.74, 6) is 0. The number of nitriles is 1. The van der Waals surface area contributed by atoms with Crippen LogP contribution in [0.3, 0.4) is 0 Å². The van der Waals surface area contributed by atoms with Crippen LogP contribution in [0.2, 0.25) is 0 Å². The van der Waals surface area contributed by atoms with E-state index >= 15 is 0 Å². The van der Waals surface area contributed by atoms with Crippen molar-refractivity contribution in [3.63, 3.8) is 0 Å². The maximum atomic E-state index is 12.5. The predicted molar refractivity (Wildman–Crippen MR) is 59.3 cm³/mol. The number of halogens is 4. The van der Waals surface area contributed by atoms with E-state index in [9.17, 15) is 8.78 Å². The first-order valence-corrected chi connectivity index (χ1v) is 5.73. The lowest BCUT2D eigenvalue weighted by molar-refractivity contribution is 0.150. The van der Waals surface area contributed by atoms with Crippen molar-refractivity contribution in [2.45, 2.75) is 11.8 Å². The van der Waals surface area contributed by atoms with Crippen molar-refractivity contribution in [2.24, 2.45) is 0 Å². The van der Waals surface area contributed by atoms with E-state index in [-0.39, 0.29) is 11.3 Å². The van der Waals surface area contributed by atoms with E-state index in [2.05, 4.69) is 20.9 Å². The van der Waals surface area contributed by atoms with Gasteiger partial charge in [-0.25, -0.2) is 13.8 Å². The van der Waals surface area contributed by atoms with Gasteiger partial charge in [0.1, 0.15) is 11.8 Å². The summed E-state index contributed by atoms with van der Waals surface area (Å²) in [5, 5.41) is 8.94. The lowest BCUT2D eigenvalue weighted by Gasteiger charge is -2.06. The van der Waals surface area contributed by atoms with Crippen LogP contribution < -0.4 is 0 Å². The average molecular weight is 373 g/mol. The van der Waals surface area contributed by atoms with Crippen LogP contribution in [0.15, 0.2) is 6.07 Å². The molecule has 0 fully saturated rings. The first-order valence-electron chi connectivity index (χ1n) is 3.53. The predicted octanol–water partition coefficient (Wildman–Crippen LogP) is 3.39. The molecule has 0 aliphatic carbocycles. The molecule has 14 heavy (non-hydrogen) atoms. The molecule has 2 nitrogen and oxygen atoms in total. The summed E-state index contributed by atoms with van der Waals surface area (Å²) in [4.78, 5) is 3.90. The minimum Gasteiger partial charge on any atom is -0.240 e.